The molecular formula is C29H49F3O3. The molecule has 0 amide bonds. The first-order chi connectivity index (χ1) is 16.9. The van der Waals surface area contributed by atoms with Crippen molar-refractivity contribution in [1.82, 2.24) is 0 Å². The van der Waals surface area contributed by atoms with E-state index in [1.807, 2.05) is 0 Å². The van der Waals surface area contributed by atoms with Crippen LogP contribution in [0.15, 0.2) is 12.1 Å². The highest BCUT2D eigenvalue weighted by molar-refractivity contribution is 5.20. The van der Waals surface area contributed by atoms with E-state index in [0.29, 0.717) is 38.7 Å². The Balaban J connectivity index is 2.90. The molecule has 1 aromatic carbocycles. The summed E-state index contributed by atoms with van der Waals surface area (Å²) in [6, 6.07) is 1.61. The normalized spacial score (nSPS) is 12.9. The van der Waals surface area contributed by atoms with Crippen LogP contribution in [-0.4, -0.2) is 25.8 Å². The number of aryl methyl sites for hydroxylation is 1. The minimum absolute atomic E-state index is 0.0492. The molecule has 35 heavy (non-hydrogen) atoms. The van der Waals surface area contributed by atoms with Crippen LogP contribution >= 0.6 is 0 Å². The Morgan fingerprint density at radius 2 is 1.09 bits per heavy atom. The van der Waals surface area contributed by atoms with Crippen LogP contribution in [0.1, 0.15) is 117 Å². The third-order valence-corrected chi connectivity index (χ3v) is 6.27. The molecule has 6 heteroatoms. The van der Waals surface area contributed by atoms with E-state index in [2.05, 4.69) is 27.7 Å². The Labute approximate surface area is 212 Å². The molecule has 0 bridgehead atoms. The number of ether oxygens (including phenoxy) is 3. The summed E-state index contributed by atoms with van der Waals surface area (Å²) in [5.74, 6) is -3.86. The molecule has 0 aliphatic carbocycles. The zero-order valence-corrected chi connectivity index (χ0v) is 22.6. The average molecular weight is 503 g/mol. The second-order valence-corrected chi connectivity index (χ2v) is 9.51. The number of hydrogen-bond acceptors (Lipinski definition) is 3. The molecular weight excluding hydrogens is 453 g/mol. The first-order valence-electron chi connectivity index (χ1n) is 14.0. The molecule has 1 rings (SSSR count). The Bertz CT molecular complexity index is 647. The van der Waals surface area contributed by atoms with E-state index in [1.54, 1.807) is 0 Å². The van der Waals surface area contributed by atoms with E-state index in [4.69, 9.17) is 14.2 Å². The Kier molecular flexibility index (Phi) is 17.4. The number of hydrogen-bond donors (Lipinski definition) is 0. The van der Waals surface area contributed by atoms with Gasteiger partial charge < -0.3 is 14.2 Å². The zero-order chi connectivity index (χ0) is 25.9. The van der Waals surface area contributed by atoms with Gasteiger partial charge >= 0.3 is 0 Å². The van der Waals surface area contributed by atoms with Gasteiger partial charge in [0, 0.05) is 12.0 Å². The van der Waals surface area contributed by atoms with Gasteiger partial charge in [-0.05, 0) is 56.6 Å². The number of unbranched alkanes of at least 4 members (excludes halogenated alkanes) is 6. The van der Waals surface area contributed by atoms with Crippen molar-refractivity contribution in [2.75, 3.05) is 19.8 Å². The second kappa shape index (κ2) is 19.1. The van der Waals surface area contributed by atoms with Gasteiger partial charge in [0.15, 0.2) is 11.6 Å². The maximum atomic E-state index is 14.1. The second-order valence-electron chi connectivity index (χ2n) is 9.51. The van der Waals surface area contributed by atoms with Gasteiger partial charge in [0.25, 0.3) is 5.97 Å². The molecule has 204 valence electrons. The maximum absolute atomic E-state index is 14.1. The van der Waals surface area contributed by atoms with Crippen molar-refractivity contribution in [1.29, 1.82) is 0 Å². The molecule has 0 fully saturated rings. The number of benzene rings is 1. The van der Waals surface area contributed by atoms with Gasteiger partial charge in [-0.25, -0.2) is 13.2 Å². The van der Waals surface area contributed by atoms with Crippen molar-refractivity contribution in [3.63, 3.8) is 0 Å². The minimum Gasteiger partial charge on any atom is -0.327 e. The minimum atomic E-state index is -1.15. The third-order valence-electron chi connectivity index (χ3n) is 6.27. The molecule has 0 spiro atoms. The highest BCUT2D eigenvalue weighted by Gasteiger charge is 2.41. The molecule has 1 atom stereocenters. The topological polar surface area (TPSA) is 27.7 Å². The van der Waals surface area contributed by atoms with Crippen LogP contribution in [0.5, 0.6) is 0 Å². The van der Waals surface area contributed by atoms with Gasteiger partial charge in [0.1, 0.15) is 5.82 Å². The summed E-state index contributed by atoms with van der Waals surface area (Å²) in [7, 11) is 0. The fourth-order valence-electron chi connectivity index (χ4n) is 4.34. The summed E-state index contributed by atoms with van der Waals surface area (Å²) in [6.07, 6.45) is 13.4. The standard InChI is InChI=1S/C29H49F3O3/c1-5-9-10-11-12-13-17-25(29(33-19-6-2,34-20-7-3)35-21-8-4)18-15-14-16-24-22-27(31)28(32)23-26(24)30/h22-23,25H,5-21H2,1-4H3. The molecule has 1 unspecified atom stereocenters. The van der Waals surface area contributed by atoms with Crippen molar-refractivity contribution < 1.29 is 27.4 Å². The molecule has 0 N–H and O–H groups in total. The van der Waals surface area contributed by atoms with Gasteiger partial charge in [-0.3, -0.25) is 0 Å². The van der Waals surface area contributed by atoms with Crippen LogP contribution in [0.2, 0.25) is 0 Å². The van der Waals surface area contributed by atoms with E-state index < -0.39 is 23.4 Å². The van der Waals surface area contributed by atoms with Crippen LogP contribution in [-0.2, 0) is 20.6 Å². The van der Waals surface area contributed by atoms with E-state index in [9.17, 15) is 13.2 Å². The van der Waals surface area contributed by atoms with Gasteiger partial charge in [0.05, 0.1) is 19.8 Å². The van der Waals surface area contributed by atoms with E-state index in [0.717, 1.165) is 51.0 Å². The van der Waals surface area contributed by atoms with E-state index in [-0.39, 0.29) is 11.5 Å². The molecule has 0 aliphatic heterocycles. The summed E-state index contributed by atoms with van der Waals surface area (Å²) in [6.45, 7) is 10.1. The molecule has 0 saturated carbocycles. The molecule has 0 heterocycles. The van der Waals surface area contributed by atoms with Crippen LogP contribution in [0, 0.1) is 23.4 Å². The van der Waals surface area contributed by atoms with Crippen LogP contribution < -0.4 is 0 Å². The Hall–Kier alpha value is -1.11. The zero-order valence-electron chi connectivity index (χ0n) is 22.6. The van der Waals surface area contributed by atoms with Crippen molar-refractivity contribution in [3.05, 3.63) is 35.1 Å². The largest absolute Gasteiger partial charge is 0.327 e. The molecule has 0 aromatic heterocycles. The molecule has 1 aromatic rings. The SMILES string of the molecule is CCCCCCCCC(CCCCc1cc(F)c(F)cc1F)C(OCCC)(OCCC)OCCC. The first kappa shape index (κ1) is 31.9. The lowest BCUT2D eigenvalue weighted by atomic mass is 9.91. The van der Waals surface area contributed by atoms with Gasteiger partial charge in [-0.15, -0.1) is 0 Å². The van der Waals surface area contributed by atoms with Crippen molar-refractivity contribution >= 4 is 0 Å². The highest BCUT2D eigenvalue weighted by Crippen LogP contribution is 2.35. The Morgan fingerprint density at radius 1 is 0.600 bits per heavy atom. The lowest BCUT2D eigenvalue weighted by Crippen LogP contribution is -2.47. The predicted molar refractivity (Wildman–Crippen MR) is 137 cm³/mol. The lowest BCUT2D eigenvalue weighted by Gasteiger charge is -2.40. The monoisotopic (exact) mass is 502 g/mol. The third kappa shape index (κ3) is 12.1. The molecule has 0 aliphatic rings. The average Bonchev–Trinajstić information content (AvgIpc) is 2.85. The van der Waals surface area contributed by atoms with E-state index >= 15 is 0 Å². The summed E-state index contributed by atoms with van der Waals surface area (Å²) in [5, 5.41) is 0. The van der Waals surface area contributed by atoms with Gasteiger partial charge in [0.2, 0.25) is 0 Å². The fourth-order valence-corrected chi connectivity index (χ4v) is 4.34. The van der Waals surface area contributed by atoms with Crippen LogP contribution in [0.25, 0.3) is 0 Å². The molecule has 0 saturated heterocycles. The summed E-state index contributed by atoms with van der Waals surface area (Å²) >= 11 is 0. The lowest BCUT2D eigenvalue weighted by molar-refractivity contribution is -0.406. The summed E-state index contributed by atoms with van der Waals surface area (Å²) in [5.41, 5.74) is 0.217. The highest BCUT2D eigenvalue weighted by atomic mass is 19.2. The van der Waals surface area contributed by atoms with E-state index in [1.165, 1.54) is 32.1 Å². The van der Waals surface area contributed by atoms with Crippen LogP contribution in [0.3, 0.4) is 0 Å². The van der Waals surface area contributed by atoms with Crippen molar-refractivity contribution in [2.45, 2.75) is 124 Å². The predicted octanol–water partition coefficient (Wildman–Crippen LogP) is 9.12. The quantitative estimate of drug-likeness (QED) is 0.0899. The number of halogens is 3. The van der Waals surface area contributed by atoms with Crippen LogP contribution in [0.4, 0.5) is 13.2 Å². The summed E-state index contributed by atoms with van der Waals surface area (Å²) in [4.78, 5) is 0. The molecule has 3 nitrogen and oxygen atoms in total. The Morgan fingerprint density at radius 3 is 1.63 bits per heavy atom. The van der Waals surface area contributed by atoms with Crippen molar-refractivity contribution in [2.24, 2.45) is 5.92 Å². The fraction of sp³-hybridized carbons (Fsp3) is 0.793. The smallest absolute Gasteiger partial charge is 0.285 e. The number of rotatable bonds is 22. The first-order valence-corrected chi connectivity index (χ1v) is 14.0. The van der Waals surface area contributed by atoms with Gasteiger partial charge in [-0.2, -0.15) is 0 Å². The maximum Gasteiger partial charge on any atom is 0.285 e. The van der Waals surface area contributed by atoms with Gasteiger partial charge in [-0.1, -0.05) is 72.6 Å². The molecule has 0 radical (unpaired) electrons. The van der Waals surface area contributed by atoms with Crippen molar-refractivity contribution in [3.8, 4) is 0 Å². The summed E-state index contributed by atoms with van der Waals surface area (Å²) < 4.78 is 59.8.